The summed E-state index contributed by atoms with van der Waals surface area (Å²) < 4.78 is 47.2. The number of aliphatic imine (C=N–C) groups is 1. The molecule has 0 amide bonds. The van der Waals surface area contributed by atoms with E-state index in [1.165, 1.54) is 7.05 Å². The van der Waals surface area contributed by atoms with Crippen LogP contribution in [0.3, 0.4) is 0 Å². The Bertz CT molecular complexity index is 168. The molecule has 0 aliphatic heterocycles. The number of nitrogens with zero attached hydrogens (tertiary/aromatic N) is 1. The molecule has 0 heterocycles. The number of guanidine groups is 1. The van der Waals surface area contributed by atoms with E-state index >= 15 is 0 Å². The third-order valence-corrected chi connectivity index (χ3v) is 1.07. The Morgan fingerprint density at radius 2 is 2.08 bits per heavy atom. The molecule has 0 rings (SSSR count). The maximum absolute atomic E-state index is 12.1. The molecule has 0 aromatic rings. The van der Waals surface area contributed by atoms with E-state index in [4.69, 9.17) is 5.73 Å². The van der Waals surface area contributed by atoms with Crippen LogP contribution in [0.2, 0.25) is 0 Å². The molecule has 7 heteroatoms. The van der Waals surface area contributed by atoms with Crippen LogP contribution >= 0.6 is 0 Å². The number of nitrogens with two attached hydrogens (primary N) is 1. The molecular formula is C5H9F4N3. The van der Waals surface area contributed by atoms with Crippen LogP contribution in [0.25, 0.3) is 0 Å². The zero-order valence-electron chi connectivity index (χ0n) is 6.32. The molecule has 0 saturated carbocycles. The zero-order chi connectivity index (χ0) is 9.78. The summed E-state index contributed by atoms with van der Waals surface area (Å²) in [6, 6.07) is 0. The Morgan fingerprint density at radius 1 is 1.58 bits per heavy atom. The van der Waals surface area contributed by atoms with E-state index in [1.807, 2.05) is 5.32 Å². The van der Waals surface area contributed by atoms with Crippen molar-refractivity contribution in [2.75, 3.05) is 13.6 Å². The summed E-state index contributed by atoms with van der Waals surface area (Å²) in [4.78, 5) is 3.26. The molecular weight excluding hydrogens is 178 g/mol. The molecule has 0 radical (unpaired) electrons. The van der Waals surface area contributed by atoms with Gasteiger partial charge in [-0.3, -0.25) is 4.99 Å². The summed E-state index contributed by atoms with van der Waals surface area (Å²) >= 11 is 0. The predicted molar refractivity (Wildman–Crippen MR) is 36.5 cm³/mol. The van der Waals surface area contributed by atoms with Crippen molar-refractivity contribution in [1.82, 2.24) is 5.32 Å². The molecule has 12 heavy (non-hydrogen) atoms. The Morgan fingerprint density at radius 3 is 2.42 bits per heavy atom. The fraction of sp³-hybridized carbons (Fsp3) is 0.800. The first kappa shape index (κ1) is 11.0. The van der Waals surface area contributed by atoms with Crippen LogP contribution in [-0.2, 0) is 0 Å². The summed E-state index contributed by atoms with van der Waals surface area (Å²) in [7, 11) is 1.25. The average molecular weight is 187 g/mol. The number of halogens is 4. The average Bonchev–Trinajstić information content (AvgIpc) is 2.00. The standard InChI is InChI=1S/C5H9F4N3/c1-11-4(10)12-2-5(8,9)3(6)7/h3H,2H2,1H3,(H3,10,11,12). The molecule has 0 aromatic carbocycles. The van der Waals surface area contributed by atoms with Gasteiger partial charge in [0.15, 0.2) is 5.96 Å². The van der Waals surface area contributed by atoms with Gasteiger partial charge in [-0.15, -0.1) is 0 Å². The van der Waals surface area contributed by atoms with E-state index in [0.717, 1.165) is 0 Å². The van der Waals surface area contributed by atoms with Crippen molar-refractivity contribution in [3.63, 3.8) is 0 Å². The lowest BCUT2D eigenvalue weighted by Crippen LogP contribution is -2.44. The second-order valence-electron chi connectivity index (χ2n) is 2.02. The van der Waals surface area contributed by atoms with Crippen molar-refractivity contribution in [2.24, 2.45) is 10.7 Å². The van der Waals surface area contributed by atoms with Crippen molar-refractivity contribution in [2.45, 2.75) is 12.3 Å². The molecule has 0 saturated heterocycles. The lowest BCUT2D eigenvalue weighted by Gasteiger charge is -2.15. The summed E-state index contributed by atoms with van der Waals surface area (Å²) in [5.41, 5.74) is 4.94. The highest BCUT2D eigenvalue weighted by molar-refractivity contribution is 5.77. The predicted octanol–water partition coefficient (Wildman–Crippen LogP) is 0.421. The van der Waals surface area contributed by atoms with Crippen molar-refractivity contribution in [1.29, 1.82) is 0 Å². The van der Waals surface area contributed by atoms with Crippen molar-refractivity contribution >= 4 is 5.96 Å². The lowest BCUT2D eigenvalue weighted by atomic mass is 10.3. The fourth-order valence-electron chi connectivity index (χ4n) is 0.365. The van der Waals surface area contributed by atoms with Gasteiger partial charge < -0.3 is 11.1 Å². The maximum atomic E-state index is 12.1. The van der Waals surface area contributed by atoms with E-state index in [1.54, 1.807) is 0 Å². The SMILES string of the molecule is CN=C(N)NCC(F)(F)C(F)F. The monoisotopic (exact) mass is 187 g/mol. The highest BCUT2D eigenvalue weighted by atomic mass is 19.3. The maximum Gasteiger partial charge on any atom is 0.324 e. The van der Waals surface area contributed by atoms with Crippen LogP contribution in [0.5, 0.6) is 0 Å². The topological polar surface area (TPSA) is 50.4 Å². The Hall–Kier alpha value is -1.01. The van der Waals surface area contributed by atoms with Gasteiger partial charge >= 0.3 is 12.3 Å². The molecule has 3 nitrogen and oxygen atoms in total. The van der Waals surface area contributed by atoms with Gasteiger partial charge in [0.25, 0.3) is 0 Å². The Labute approximate surface area is 66.6 Å². The molecule has 0 atom stereocenters. The van der Waals surface area contributed by atoms with E-state index in [9.17, 15) is 17.6 Å². The Balaban J connectivity index is 3.92. The third-order valence-electron chi connectivity index (χ3n) is 1.07. The summed E-state index contributed by atoms with van der Waals surface area (Å²) in [6.07, 6.45) is -3.70. The number of hydrogen-bond acceptors (Lipinski definition) is 1. The third kappa shape index (κ3) is 3.40. The van der Waals surface area contributed by atoms with Crippen molar-refractivity contribution in [3.8, 4) is 0 Å². The zero-order valence-corrected chi connectivity index (χ0v) is 6.32. The second kappa shape index (κ2) is 4.13. The molecule has 0 aliphatic rings. The first-order valence-corrected chi connectivity index (χ1v) is 3.02. The Kier molecular flexibility index (Phi) is 3.78. The molecule has 0 aliphatic carbocycles. The highest BCUT2D eigenvalue weighted by Gasteiger charge is 2.40. The molecule has 0 fully saturated rings. The molecule has 3 N–H and O–H groups in total. The van der Waals surface area contributed by atoms with Gasteiger partial charge in [0.2, 0.25) is 0 Å². The van der Waals surface area contributed by atoms with E-state index < -0.39 is 18.9 Å². The van der Waals surface area contributed by atoms with E-state index in [0.29, 0.717) is 0 Å². The lowest BCUT2D eigenvalue weighted by molar-refractivity contribution is -0.122. The molecule has 0 bridgehead atoms. The molecule has 0 unspecified atom stereocenters. The van der Waals surface area contributed by atoms with E-state index in [2.05, 4.69) is 4.99 Å². The number of nitrogens with one attached hydrogen (secondary N) is 1. The van der Waals surface area contributed by atoms with Crippen LogP contribution in [0.4, 0.5) is 17.6 Å². The minimum Gasteiger partial charge on any atom is -0.370 e. The molecule has 0 spiro atoms. The second-order valence-corrected chi connectivity index (χ2v) is 2.02. The summed E-state index contributed by atoms with van der Waals surface area (Å²) in [5.74, 6) is -4.37. The molecule has 72 valence electrons. The highest BCUT2D eigenvalue weighted by Crippen LogP contribution is 2.21. The van der Waals surface area contributed by atoms with Gasteiger partial charge in [0.1, 0.15) is 0 Å². The van der Waals surface area contributed by atoms with Gasteiger partial charge in [-0.2, -0.15) is 8.78 Å². The fourth-order valence-corrected chi connectivity index (χ4v) is 0.365. The van der Waals surface area contributed by atoms with Crippen molar-refractivity contribution < 1.29 is 17.6 Å². The quantitative estimate of drug-likeness (QED) is 0.382. The first-order valence-electron chi connectivity index (χ1n) is 3.02. The van der Waals surface area contributed by atoms with Crippen LogP contribution < -0.4 is 11.1 Å². The normalized spacial score (nSPS) is 13.7. The van der Waals surface area contributed by atoms with Crippen LogP contribution in [0, 0.1) is 0 Å². The van der Waals surface area contributed by atoms with Gasteiger partial charge in [-0.05, 0) is 0 Å². The summed E-state index contributed by atoms with van der Waals surface area (Å²) in [6.45, 7) is -1.21. The number of alkyl halides is 4. The summed E-state index contributed by atoms with van der Waals surface area (Å²) in [5, 5.41) is 1.85. The van der Waals surface area contributed by atoms with Crippen molar-refractivity contribution in [3.05, 3.63) is 0 Å². The largest absolute Gasteiger partial charge is 0.370 e. The number of hydrogen-bond donors (Lipinski definition) is 2. The van der Waals surface area contributed by atoms with Crippen LogP contribution in [0.1, 0.15) is 0 Å². The van der Waals surface area contributed by atoms with E-state index in [-0.39, 0.29) is 5.96 Å². The van der Waals surface area contributed by atoms with Crippen LogP contribution in [0.15, 0.2) is 4.99 Å². The first-order chi connectivity index (χ1) is 5.40. The van der Waals surface area contributed by atoms with Gasteiger partial charge in [0, 0.05) is 7.05 Å². The van der Waals surface area contributed by atoms with Gasteiger partial charge in [-0.1, -0.05) is 0 Å². The smallest absolute Gasteiger partial charge is 0.324 e. The van der Waals surface area contributed by atoms with Gasteiger partial charge in [0.05, 0.1) is 6.54 Å². The van der Waals surface area contributed by atoms with Gasteiger partial charge in [-0.25, -0.2) is 8.78 Å². The number of rotatable bonds is 3. The minimum atomic E-state index is -4.07. The van der Waals surface area contributed by atoms with Crippen LogP contribution in [-0.4, -0.2) is 31.9 Å². The minimum absolute atomic E-state index is 0.296. The molecule has 0 aromatic heterocycles.